The van der Waals surface area contributed by atoms with Gasteiger partial charge in [0.1, 0.15) is 11.5 Å². The summed E-state index contributed by atoms with van der Waals surface area (Å²) in [5.74, 6) is 1.59. The number of benzene rings is 2. The highest BCUT2D eigenvalue weighted by Gasteiger charge is 2.03. The van der Waals surface area contributed by atoms with E-state index in [2.05, 4.69) is 60.2 Å². The van der Waals surface area contributed by atoms with Gasteiger partial charge >= 0.3 is 0 Å². The number of nitrogens with zero attached hydrogens (tertiary/aromatic N) is 2. The van der Waals surface area contributed by atoms with E-state index in [9.17, 15) is 0 Å². The summed E-state index contributed by atoms with van der Waals surface area (Å²) < 4.78 is 5.52. The number of aryl methyl sites for hydroxylation is 3. The second-order valence-electron chi connectivity index (χ2n) is 6.59. The molecule has 2 heterocycles. The lowest BCUT2D eigenvalue weighted by Crippen LogP contribution is -1.90. The lowest BCUT2D eigenvalue weighted by molar-refractivity contribution is 0.480. The smallest absolute Gasteiger partial charge is 0.145 e. The van der Waals surface area contributed by atoms with E-state index in [0.717, 1.165) is 22.9 Å². The fourth-order valence-electron chi connectivity index (χ4n) is 2.74. The zero-order valence-corrected chi connectivity index (χ0v) is 20.5. The number of para-hydroxylation sites is 1. The second kappa shape index (κ2) is 15.4. The zero-order valence-electron chi connectivity index (χ0n) is 20.5. The van der Waals surface area contributed by atoms with Crippen LogP contribution >= 0.6 is 0 Å². The molecule has 3 nitrogen and oxygen atoms in total. The molecule has 0 saturated carbocycles. The summed E-state index contributed by atoms with van der Waals surface area (Å²) in [6, 6.07) is 26.0. The van der Waals surface area contributed by atoms with Gasteiger partial charge in [-0.15, -0.1) is 0 Å². The molecule has 0 fully saturated rings. The Morgan fingerprint density at radius 2 is 1.34 bits per heavy atom. The topological polar surface area (TPSA) is 35.0 Å². The first-order valence-corrected chi connectivity index (χ1v) is 11.3. The van der Waals surface area contributed by atoms with Crippen LogP contribution in [0.25, 0.3) is 11.3 Å². The highest BCUT2D eigenvalue weighted by molar-refractivity contribution is 5.63. The van der Waals surface area contributed by atoms with Crippen LogP contribution in [-0.4, -0.2) is 9.97 Å². The molecule has 0 bridgehead atoms. The van der Waals surface area contributed by atoms with Crippen LogP contribution in [-0.2, 0) is 0 Å². The highest BCUT2D eigenvalue weighted by Crippen LogP contribution is 2.22. The molecular weight excluding hydrogens is 392 g/mol. The number of hydrogen-bond donors (Lipinski definition) is 0. The van der Waals surface area contributed by atoms with Crippen molar-refractivity contribution in [3.63, 3.8) is 0 Å². The summed E-state index contributed by atoms with van der Waals surface area (Å²) in [4.78, 5) is 8.54. The van der Waals surface area contributed by atoms with Gasteiger partial charge in [-0.1, -0.05) is 75.7 Å². The molecule has 0 amide bonds. The Bertz CT molecular complexity index is 978. The first kappa shape index (κ1) is 26.6. The van der Waals surface area contributed by atoms with Crippen LogP contribution in [0.3, 0.4) is 0 Å². The standard InChI is InChI=1S/C14H15N.C11H9NO.2C2H6/c1-10-5-4-6-13(9-10)14-11(2)7-8-12(3)15-14;1-2-5-10(6-3-1)13-11-7-4-8-12-9-11;2*1-2/h4-9H,1-3H3;1-9H;2*1-2H3. The van der Waals surface area contributed by atoms with Crippen molar-refractivity contribution in [3.05, 3.63) is 108 Å². The molecule has 0 aliphatic rings. The molecule has 0 spiro atoms. The number of rotatable bonds is 3. The number of aromatic nitrogens is 2. The van der Waals surface area contributed by atoms with Crippen LogP contribution in [0.4, 0.5) is 0 Å². The Morgan fingerprint density at radius 1 is 0.656 bits per heavy atom. The van der Waals surface area contributed by atoms with E-state index >= 15 is 0 Å². The van der Waals surface area contributed by atoms with Crippen LogP contribution in [0, 0.1) is 20.8 Å². The third-order valence-corrected chi connectivity index (χ3v) is 4.14. The molecule has 2 aromatic heterocycles. The molecule has 0 unspecified atom stereocenters. The molecule has 4 rings (SSSR count). The molecule has 3 heteroatoms. The maximum Gasteiger partial charge on any atom is 0.145 e. The normalized spacial score (nSPS) is 9.09. The molecular formula is C29H36N2O. The lowest BCUT2D eigenvalue weighted by Gasteiger charge is -2.06. The summed E-state index contributed by atoms with van der Waals surface area (Å²) in [7, 11) is 0. The quantitative estimate of drug-likeness (QED) is 0.328. The van der Waals surface area contributed by atoms with Crippen molar-refractivity contribution >= 4 is 0 Å². The van der Waals surface area contributed by atoms with E-state index in [0.29, 0.717) is 0 Å². The minimum Gasteiger partial charge on any atom is -0.456 e. The SMILES string of the molecule is CC.CC.Cc1cccc(-c2nc(C)ccc2C)c1.c1ccc(Oc2cccnc2)cc1. The number of hydrogen-bond acceptors (Lipinski definition) is 3. The van der Waals surface area contributed by atoms with Gasteiger partial charge in [-0.3, -0.25) is 9.97 Å². The van der Waals surface area contributed by atoms with Crippen LogP contribution in [0.2, 0.25) is 0 Å². The van der Waals surface area contributed by atoms with E-state index in [1.807, 2.05) is 77.1 Å². The molecule has 168 valence electrons. The molecule has 0 radical (unpaired) electrons. The van der Waals surface area contributed by atoms with Gasteiger partial charge in [0.15, 0.2) is 0 Å². The van der Waals surface area contributed by atoms with Crippen LogP contribution < -0.4 is 4.74 Å². The van der Waals surface area contributed by atoms with Crippen molar-refractivity contribution in [1.29, 1.82) is 0 Å². The minimum atomic E-state index is 0.758. The summed E-state index contributed by atoms with van der Waals surface area (Å²) in [5.41, 5.74) is 5.87. The Morgan fingerprint density at radius 3 is 1.97 bits per heavy atom. The molecule has 4 aromatic rings. The largest absolute Gasteiger partial charge is 0.456 e. The van der Waals surface area contributed by atoms with Gasteiger partial charge in [-0.25, -0.2) is 0 Å². The number of ether oxygens (including phenoxy) is 1. The van der Waals surface area contributed by atoms with E-state index in [4.69, 9.17) is 4.74 Å². The predicted octanol–water partition coefficient (Wildman–Crippen LogP) is 8.60. The fourth-order valence-corrected chi connectivity index (χ4v) is 2.74. The van der Waals surface area contributed by atoms with Gasteiger partial charge in [0.2, 0.25) is 0 Å². The van der Waals surface area contributed by atoms with Gasteiger partial charge in [-0.2, -0.15) is 0 Å². The van der Waals surface area contributed by atoms with Gasteiger partial charge < -0.3 is 4.74 Å². The summed E-state index contributed by atoms with van der Waals surface area (Å²) in [5, 5.41) is 0. The Balaban J connectivity index is 0.000000279. The van der Waals surface area contributed by atoms with Crippen molar-refractivity contribution in [1.82, 2.24) is 9.97 Å². The lowest BCUT2D eigenvalue weighted by atomic mass is 10.0. The van der Waals surface area contributed by atoms with E-state index < -0.39 is 0 Å². The van der Waals surface area contributed by atoms with Gasteiger partial charge in [0, 0.05) is 17.5 Å². The molecule has 0 saturated heterocycles. The Kier molecular flexibility index (Phi) is 12.8. The summed E-state index contributed by atoms with van der Waals surface area (Å²) in [6.45, 7) is 14.2. The average Bonchev–Trinajstić information content (AvgIpc) is 2.85. The number of pyridine rings is 2. The Hall–Kier alpha value is -3.46. The van der Waals surface area contributed by atoms with Crippen LogP contribution in [0.15, 0.2) is 91.3 Å². The van der Waals surface area contributed by atoms with E-state index in [-0.39, 0.29) is 0 Å². The zero-order chi connectivity index (χ0) is 23.8. The molecule has 0 aliphatic carbocycles. The fraction of sp³-hybridized carbons (Fsp3) is 0.241. The maximum absolute atomic E-state index is 5.52. The molecule has 2 aromatic carbocycles. The van der Waals surface area contributed by atoms with Crippen molar-refractivity contribution in [2.24, 2.45) is 0 Å². The monoisotopic (exact) mass is 428 g/mol. The highest BCUT2D eigenvalue weighted by atomic mass is 16.5. The molecule has 0 aliphatic heterocycles. The predicted molar refractivity (Wildman–Crippen MR) is 137 cm³/mol. The third-order valence-electron chi connectivity index (χ3n) is 4.14. The first-order valence-electron chi connectivity index (χ1n) is 11.3. The van der Waals surface area contributed by atoms with E-state index in [1.54, 1.807) is 12.4 Å². The van der Waals surface area contributed by atoms with Crippen molar-refractivity contribution in [2.75, 3.05) is 0 Å². The molecule has 0 atom stereocenters. The van der Waals surface area contributed by atoms with Crippen molar-refractivity contribution in [3.8, 4) is 22.8 Å². The summed E-state index contributed by atoms with van der Waals surface area (Å²) in [6.07, 6.45) is 3.41. The minimum absolute atomic E-state index is 0.758. The van der Waals surface area contributed by atoms with Gasteiger partial charge in [-0.05, 0) is 62.7 Å². The van der Waals surface area contributed by atoms with Crippen LogP contribution in [0.5, 0.6) is 11.5 Å². The van der Waals surface area contributed by atoms with Gasteiger partial charge in [0.25, 0.3) is 0 Å². The van der Waals surface area contributed by atoms with E-state index in [1.165, 1.54) is 16.7 Å². The molecule has 32 heavy (non-hydrogen) atoms. The first-order chi connectivity index (χ1) is 15.6. The average molecular weight is 429 g/mol. The maximum atomic E-state index is 5.52. The van der Waals surface area contributed by atoms with Crippen LogP contribution in [0.1, 0.15) is 44.5 Å². The van der Waals surface area contributed by atoms with Crippen molar-refractivity contribution in [2.45, 2.75) is 48.5 Å². The van der Waals surface area contributed by atoms with Crippen molar-refractivity contribution < 1.29 is 4.74 Å². The second-order valence-corrected chi connectivity index (χ2v) is 6.59. The Labute approximate surface area is 194 Å². The molecule has 0 N–H and O–H groups in total. The summed E-state index contributed by atoms with van der Waals surface area (Å²) >= 11 is 0. The third kappa shape index (κ3) is 9.13. The van der Waals surface area contributed by atoms with Gasteiger partial charge in [0.05, 0.1) is 11.9 Å².